The highest BCUT2D eigenvalue weighted by atomic mass is 79.9. The molecule has 0 bridgehead atoms. The Morgan fingerprint density at radius 1 is 1.35 bits per heavy atom. The number of aromatic nitrogens is 2. The molecule has 88 valence electrons. The fourth-order valence-corrected chi connectivity index (χ4v) is 2.07. The summed E-state index contributed by atoms with van der Waals surface area (Å²) in [4.78, 5) is 12.2. The molecule has 5 heteroatoms. The Morgan fingerprint density at radius 2 is 2.00 bits per heavy atom. The third kappa shape index (κ3) is 2.24. The van der Waals surface area contributed by atoms with Gasteiger partial charge in [0.1, 0.15) is 11.4 Å². The van der Waals surface area contributed by atoms with E-state index in [2.05, 4.69) is 21.0 Å². The van der Waals surface area contributed by atoms with Crippen LogP contribution in [0.1, 0.15) is 16.1 Å². The molecule has 1 aromatic heterocycles. The first kappa shape index (κ1) is 11.9. The van der Waals surface area contributed by atoms with E-state index in [0.29, 0.717) is 15.7 Å². The smallest absolute Gasteiger partial charge is 0.212 e. The summed E-state index contributed by atoms with van der Waals surface area (Å²) >= 11 is 3.31. The van der Waals surface area contributed by atoms with Crippen molar-refractivity contribution in [3.63, 3.8) is 0 Å². The maximum Gasteiger partial charge on any atom is 0.212 e. The zero-order valence-electron chi connectivity index (χ0n) is 9.48. The first-order valence-electron chi connectivity index (χ1n) is 4.99. The van der Waals surface area contributed by atoms with Gasteiger partial charge in [0.25, 0.3) is 0 Å². The quantitative estimate of drug-likeness (QED) is 0.817. The number of hydrogen-bond acceptors (Lipinski definition) is 3. The molecule has 2 rings (SSSR count). The highest BCUT2D eigenvalue weighted by molar-refractivity contribution is 9.10. The number of halogens is 1. The number of nitrogens with zero attached hydrogens (tertiary/aromatic N) is 2. The van der Waals surface area contributed by atoms with E-state index in [0.717, 1.165) is 5.75 Å². The predicted molar refractivity (Wildman–Crippen MR) is 67.3 cm³/mol. The molecule has 0 amide bonds. The molecule has 0 spiro atoms. The molecule has 0 atom stereocenters. The average Bonchev–Trinajstić information content (AvgIpc) is 2.68. The Hall–Kier alpha value is -1.62. The van der Waals surface area contributed by atoms with Crippen LogP contribution < -0.4 is 4.74 Å². The van der Waals surface area contributed by atoms with Gasteiger partial charge in [0.15, 0.2) is 0 Å². The number of carbonyl (C=O) groups is 1. The molecule has 1 aromatic carbocycles. The van der Waals surface area contributed by atoms with Crippen molar-refractivity contribution < 1.29 is 9.53 Å². The summed E-state index contributed by atoms with van der Waals surface area (Å²) in [6.45, 7) is 0. The van der Waals surface area contributed by atoms with Gasteiger partial charge in [-0.1, -0.05) is 0 Å². The maximum absolute atomic E-state index is 12.2. The number of ketones is 1. The van der Waals surface area contributed by atoms with Crippen molar-refractivity contribution in [2.24, 2.45) is 7.05 Å². The zero-order chi connectivity index (χ0) is 12.4. The van der Waals surface area contributed by atoms with Crippen molar-refractivity contribution in [2.75, 3.05) is 7.11 Å². The van der Waals surface area contributed by atoms with Crippen LogP contribution in [0, 0.1) is 0 Å². The van der Waals surface area contributed by atoms with Crippen LogP contribution in [0.2, 0.25) is 0 Å². The van der Waals surface area contributed by atoms with Crippen molar-refractivity contribution in [3.8, 4) is 5.75 Å². The van der Waals surface area contributed by atoms with E-state index in [1.54, 1.807) is 49.3 Å². The van der Waals surface area contributed by atoms with Crippen molar-refractivity contribution in [1.29, 1.82) is 0 Å². The highest BCUT2D eigenvalue weighted by Gasteiger charge is 2.16. The van der Waals surface area contributed by atoms with E-state index in [4.69, 9.17) is 4.74 Å². The topological polar surface area (TPSA) is 44.1 Å². The second-order valence-corrected chi connectivity index (χ2v) is 4.38. The van der Waals surface area contributed by atoms with Crippen molar-refractivity contribution in [2.45, 2.75) is 0 Å². The number of aryl methyl sites for hydroxylation is 1. The Balaban J connectivity index is 2.37. The lowest BCUT2D eigenvalue weighted by atomic mass is 10.1. The predicted octanol–water partition coefficient (Wildman–Crippen LogP) is 2.42. The lowest BCUT2D eigenvalue weighted by molar-refractivity contribution is 0.102. The summed E-state index contributed by atoms with van der Waals surface area (Å²) in [5, 5.41) is 4.02. The van der Waals surface area contributed by atoms with Gasteiger partial charge in [-0.25, -0.2) is 0 Å². The molecule has 0 radical (unpaired) electrons. The number of rotatable bonds is 3. The summed E-state index contributed by atoms with van der Waals surface area (Å²) in [6.07, 6.45) is 1.61. The summed E-state index contributed by atoms with van der Waals surface area (Å²) in [5.41, 5.74) is 1.14. The summed E-state index contributed by atoms with van der Waals surface area (Å²) < 4.78 is 7.30. The van der Waals surface area contributed by atoms with Crippen molar-refractivity contribution >= 4 is 21.7 Å². The molecule has 0 unspecified atom stereocenters. The maximum atomic E-state index is 12.2. The van der Waals surface area contributed by atoms with Crippen molar-refractivity contribution in [3.05, 3.63) is 46.2 Å². The van der Waals surface area contributed by atoms with Crippen LogP contribution in [0.15, 0.2) is 34.9 Å². The summed E-state index contributed by atoms with van der Waals surface area (Å²) in [7, 11) is 3.33. The van der Waals surface area contributed by atoms with Gasteiger partial charge in [0.2, 0.25) is 5.78 Å². The molecule has 0 N–H and O–H groups in total. The molecule has 4 nitrogen and oxygen atoms in total. The van der Waals surface area contributed by atoms with Gasteiger partial charge < -0.3 is 4.74 Å². The van der Waals surface area contributed by atoms with Crippen LogP contribution in [0.25, 0.3) is 0 Å². The Kier molecular flexibility index (Phi) is 3.28. The van der Waals surface area contributed by atoms with Gasteiger partial charge in [-0.15, -0.1) is 0 Å². The van der Waals surface area contributed by atoms with Crippen LogP contribution in [-0.4, -0.2) is 22.7 Å². The molecule has 1 heterocycles. The number of carbonyl (C=O) groups excluding carboxylic acids is 1. The monoisotopic (exact) mass is 294 g/mol. The lowest BCUT2D eigenvalue weighted by Gasteiger charge is -2.04. The van der Waals surface area contributed by atoms with E-state index < -0.39 is 0 Å². The molecule has 0 aliphatic rings. The van der Waals surface area contributed by atoms with Gasteiger partial charge in [-0.05, 0) is 40.2 Å². The second-order valence-electron chi connectivity index (χ2n) is 3.52. The van der Waals surface area contributed by atoms with Gasteiger partial charge in [0, 0.05) is 12.6 Å². The summed E-state index contributed by atoms with van der Waals surface area (Å²) in [6, 6.07) is 7.00. The number of ether oxygens (including phenoxy) is 1. The fraction of sp³-hybridized carbons (Fsp3) is 0.167. The van der Waals surface area contributed by atoms with Gasteiger partial charge in [-0.2, -0.15) is 5.10 Å². The first-order valence-corrected chi connectivity index (χ1v) is 5.79. The van der Waals surface area contributed by atoms with Gasteiger partial charge in [-0.3, -0.25) is 9.48 Å². The van der Waals surface area contributed by atoms with E-state index in [9.17, 15) is 4.79 Å². The largest absolute Gasteiger partial charge is 0.497 e. The molecule has 0 aliphatic carbocycles. The van der Waals surface area contributed by atoms with Crippen LogP contribution in [0.5, 0.6) is 5.75 Å². The van der Waals surface area contributed by atoms with E-state index in [1.807, 2.05) is 0 Å². The first-order chi connectivity index (χ1) is 8.13. The van der Waals surface area contributed by atoms with Crippen LogP contribution in [0.3, 0.4) is 0 Å². The Labute approximate surface area is 107 Å². The van der Waals surface area contributed by atoms with E-state index in [1.165, 1.54) is 0 Å². The van der Waals surface area contributed by atoms with Crippen LogP contribution in [0.4, 0.5) is 0 Å². The molecule has 0 aliphatic heterocycles. The molecule has 2 aromatic rings. The zero-order valence-corrected chi connectivity index (χ0v) is 11.1. The Bertz CT molecular complexity index is 527. The lowest BCUT2D eigenvalue weighted by Crippen LogP contribution is -2.08. The minimum Gasteiger partial charge on any atom is -0.497 e. The number of methoxy groups -OCH3 is 1. The van der Waals surface area contributed by atoms with Crippen LogP contribution >= 0.6 is 15.9 Å². The average molecular weight is 295 g/mol. The van der Waals surface area contributed by atoms with Crippen LogP contribution in [-0.2, 0) is 7.05 Å². The minimum atomic E-state index is -0.0699. The standard InChI is InChI=1S/C12H11BrN2O2/c1-15-11(10(13)7-14-15)12(16)8-3-5-9(17-2)6-4-8/h3-7H,1-2H3. The third-order valence-corrected chi connectivity index (χ3v) is 3.04. The summed E-state index contributed by atoms with van der Waals surface area (Å²) in [5.74, 6) is 0.658. The SMILES string of the molecule is COc1ccc(C(=O)c2c(Br)cnn2C)cc1. The van der Waals surface area contributed by atoms with Crippen molar-refractivity contribution in [1.82, 2.24) is 9.78 Å². The van der Waals surface area contributed by atoms with Gasteiger partial charge >= 0.3 is 0 Å². The Morgan fingerprint density at radius 3 is 2.47 bits per heavy atom. The second kappa shape index (κ2) is 4.71. The highest BCUT2D eigenvalue weighted by Crippen LogP contribution is 2.20. The minimum absolute atomic E-state index is 0.0699. The fourth-order valence-electron chi connectivity index (χ4n) is 1.55. The molecule has 0 saturated heterocycles. The molecular weight excluding hydrogens is 284 g/mol. The number of benzene rings is 1. The molecule has 0 saturated carbocycles. The van der Waals surface area contributed by atoms with E-state index in [-0.39, 0.29) is 5.78 Å². The van der Waals surface area contributed by atoms with E-state index >= 15 is 0 Å². The third-order valence-electron chi connectivity index (χ3n) is 2.46. The normalized spacial score (nSPS) is 10.3. The molecule has 0 fully saturated rings. The molecular formula is C12H11BrN2O2. The molecule has 17 heavy (non-hydrogen) atoms. The number of hydrogen-bond donors (Lipinski definition) is 0. The van der Waals surface area contributed by atoms with Gasteiger partial charge in [0.05, 0.1) is 17.8 Å².